The Balaban J connectivity index is 1.58. The summed E-state index contributed by atoms with van der Waals surface area (Å²) in [6, 6.07) is 6.16. The zero-order valence-corrected chi connectivity index (χ0v) is 15.9. The number of benzene rings is 1. The molecule has 0 heterocycles. The molecule has 0 N–H and O–H groups in total. The van der Waals surface area contributed by atoms with Crippen LogP contribution in [0.1, 0.15) is 69.9 Å². The van der Waals surface area contributed by atoms with Crippen molar-refractivity contribution in [2.75, 3.05) is 0 Å². The van der Waals surface area contributed by atoms with Crippen molar-refractivity contribution in [3.63, 3.8) is 0 Å². The number of carbonyl (C=O) groups excluding carboxylic acids is 2. The van der Waals surface area contributed by atoms with Crippen molar-refractivity contribution >= 4 is 11.9 Å². The third-order valence-corrected chi connectivity index (χ3v) is 7.18. The van der Waals surface area contributed by atoms with Gasteiger partial charge in [0, 0.05) is 19.3 Å². The highest BCUT2D eigenvalue weighted by atomic mass is 16.5. The quantitative estimate of drug-likeness (QED) is 0.582. The average molecular weight is 356 g/mol. The van der Waals surface area contributed by atoms with Crippen LogP contribution in [0.25, 0.3) is 0 Å². The van der Waals surface area contributed by atoms with Gasteiger partial charge in [0.2, 0.25) is 0 Å². The van der Waals surface area contributed by atoms with Crippen molar-refractivity contribution < 1.29 is 19.1 Å². The van der Waals surface area contributed by atoms with E-state index in [4.69, 9.17) is 9.47 Å². The van der Waals surface area contributed by atoms with Crippen LogP contribution in [0.5, 0.6) is 5.75 Å². The van der Waals surface area contributed by atoms with Crippen LogP contribution >= 0.6 is 0 Å². The first-order valence-electron chi connectivity index (χ1n) is 9.87. The molecule has 0 aromatic heterocycles. The molecule has 2 saturated carbocycles. The number of hydrogen-bond acceptors (Lipinski definition) is 4. The number of hydrogen-bond donors (Lipinski definition) is 0. The lowest BCUT2D eigenvalue weighted by atomic mass is 9.55. The number of carbonyl (C=O) groups is 2. The Morgan fingerprint density at radius 3 is 2.62 bits per heavy atom. The van der Waals surface area contributed by atoms with E-state index in [1.54, 1.807) is 0 Å². The van der Waals surface area contributed by atoms with E-state index in [2.05, 4.69) is 19.1 Å². The van der Waals surface area contributed by atoms with Crippen LogP contribution in [0.4, 0.5) is 0 Å². The summed E-state index contributed by atoms with van der Waals surface area (Å²) < 4.78 is 11.0. The van der Waals surface area contributed by atoms with Gasteiger partial charge in [-0.05, 0) is 79.5 Å². The van der Waals surface area contributed by atoms with Gasteiger partial charge in [-0.15, -0.1) is 0 Å². The van der Waals surface area contributed by atoms with Crippen LogP contribution in [-0.2, 0) is 20.7 Å². The third kappa shape index (κ3) is 2.83. The highest BCUT2D eigenvalue weighted by Crippen LogP contribution is 2.61. The second kappa shape index (κ2) is 6.40. The Hall–Kier alpha value is -1.84. The van der Waals surface area contributed by atoms with Gasteiger partial charge in [-0.25, -0.2) is 0 Å². The second-order valence-corrected chi connectivity index (χ2v) is 8.59. The Bertz CT molecular complexity index is 740. The van der Waals surface area contributed by atoms with Crippen molar-refractivity contribution in [1.82, 2.24) is 0 Å². The van der Waals surface area contributed by atoms with Gasteiger partial charge >= 0.3 is 11.9 Å². The van der Waals surface area contributed by atoms with E-state index in [1.807, 2.05) is 6.07 Å². The molecule has 4 rings (SSSR count). The molecule has 140 valence electrons. The maximum absolute atomic E-state index is 11.5. The molecule has 0 spiro atoms. The number of aryl methyl sites for hydroxylation is 1. The lowest BCUT2D eigenvalue weighted by Gasteiger charge is -2.50. The summed E-state index contributed by atoms with van der Waals surface area (Å²) in [4.78, 5) is 22.7. The van der Waals surface area contributed by atoms with Gasteiger partial charge in [0.25, 0.3) is 0 Å². The van der Waals surface area contributed by atoms with Crippen LogP contribution < -0.4 is 4.74 Å². The molecular weight excluding hydrogens is 328 g/mol. The van der Waals surface area contributed by atoms with Crippen molar-refractivity contribution in [3.8, 4) is 5.75 Å². The van der Waals surface area contributed by atoms with Crippen molar-refractivity contribution in [1.29, 1.82) is 0 Å². The zero-order chi connectivity index (χ0) is 18.5. The number of ether oxygens (including phenoxy) is 2. The Kier molecular flexibility index (Phi) is 4.32. The molecule has 5 atom stereocenters. The van der Waals surface area contributed by atoms with Gasteiger partial charge in [-0.3, -0.25) is 9.59 Å². The highest BCUT2D eigenvalue weighted by molar-refractivity contribution is 5.69. The van der Waals surface area contributed by atoms with Crippen LogP contribution in [0.3, 0.4) is 0 Å². The summed E-state index contributed by atoms with van der Waals surface area (Å²) in [7, 11) is 0. The van der Waals surface area contributed by atoms with E-state index in [0.717, 1.165) is 32.1 Å². The zero-order valence-electron chi connectivity index (χ0n) is 15.9. The molecule has 1 aromatic carbocycles. The summed E-state index contributed by atoms with van der Waals surface area (Å²) in [5.74, 6) is 2.12. The fourth-order valence-corrected chi connectivity index (χ4v) is 6.13. The first-order chi connectivity index (χ1) is 12.4. The van der Waals surface area contributed by atoms with Crippen molar-refractivity contribution in [3.05, 3.63) is 29.3 Å². The highest BCUT2D eigenvalue weighted by Gasteiger charge is 2.56. The Morgan fingerprint density at radius 2 is 1.88 bits per heavy atom. The minimum Gasteiger partial charge on any atom is -0.462 e. The van der Waals surface area contributed by atoms with Crippen molar-refractivity contribution in [2.24, 2.45) is 17.3 Å². The van der Waals surface area contributed by atoms with Gasteiger partial charge in [-0.2, -0.15) is 0 Å². The molecule has 0 radical (unpaired) electrons. The largest absolute Gasteiger partial charge is 0.462 e. The lowest BCUT2D eigenvalue weighted by Crippen LogP contribution is -2.45. The van der Waals surface area contributed by atoms with E-state index < -0.39 is 0 Å². The Morgan fingerprint density at radius 1 is 1.08 bits per heavy atom. The lowest BCUT2D eigenvalue weighted by molar-refractivity contribution is -0.154. The summed E-state index contributed by atoms with van der Waals surface area (Å²) in [6.45, 7) is 5.31. The average Bonchev–Trinajstić information content (AvgIpc) is 2.90. The standard InChI is InChI=1S/C22H28O4/c1-13(23)25-16-5-7-17-15(12-16)4-6-19-18(17)10-11-22(3)20(19)8-9-21(22)26-14(2)24/h5,7,12,18-21H,4,6,8-11H2,1-3H3/t18-,19+,20-,21+,22-/m0/s1. The molecule has 1 aromatic rings. The van der Waals surface area contributed by atoms with Gasteiger partial charge in [0.15, 0.2) is 0 Å². The maximum atomic E-state index is 11.5. The molecule has 3 aliphatic carbocycles. The molecular formula is C22H28O4. The molecule has 0 amide bonds. The monoisotopic (exact) mass is 356 g/mol. The summed E-state index contributed by atoms with van der Waals surface area (Å²) >= 11 is 0. The van der Waals surface area contributed by atoms with Crippen LogP contribution in [0, 0.1) is 17.3 Å². The van der Waals surface area contributed by atoms with Crippen molar-refractivity contribution in [2.45, 2.75) is 71.3 Å². The molecule has 3 aliphatic rings. The normalized spacial score (nSPS) is 35.0. The van der Waals surface area contributed by atoms with Crippen LogP contribution in [-0.4, -0.2) is 18.0 Å². The number of rotatable bonds is 2. The molecule has 0 saturated heterocycles. The van der Waals surface area contributed by atoms with Gasteiger partial charge in [0.1, 0.15) is 11.9 Å². The van der Waals surface area contributed by atoms with E-state index in [1.165, 1.54) is 31.4 Å². The predicted octanol–water partition coefficient (Wildman–Crippen LogP) is 4.40. The summed E-state index contributed by atoms with van der Waals surface area (Å²) in [5, 5.41) is 0. The van der Waals surface area contributed by atoms with Crippen LogP contribution in [0.2, 0.25) is 0 Å². The molecule has 0 aliphatic heterocycles. The smallest absolute Gasteiger partial charge is 0.308 e. The maximum Gasteiger partial charge on any atom is 0.308 e. The number of esters is 2. The second-order valence-electron chi connectivity index (χ2n) is 8.59. The molecule has 26 heavy (non-hydrogen) atoms. The van der Waals surface area contributed by atoms with Gasteiger partial charge in [-0.1, -0.05) is 13.0 Å². The molecule has 2 fully saturated rings. The first-order valence-corrected chi connectivity index (χ1v) is 9.87. The third-order valence-electron chi connectivity index (χ3n) is 7.18. The fourth-order valence-electron chi connectivity index (χ4n) is 6.13. The fraction of sp³-hybridized carbons (Fsp3) is 0.636. The minimum atomic E-state index is -0.269. The molecule has 0 bridgehead atoms. The van der Waals surface area contributed by atoms with E-state index >= 15 is 0 Å². The first kappa shape index (κ1) is 17.6. The summed E-state index contributed by atoms with van der Waals surface area (Å²) in [6.07, 6.45) is 6.72. The molecule has 0 unspecified atom stereocenters. The SMILES string of the molecule is CC(=O)Oc1ccc2c(c1)CC[C@@H]1[C@H]2CC[C@]2(C)[C@H](OC(C)=O)CC[C@@H]12. The van der Waals surface area contributed by atoms with E-state index in [0.29, 0.717) is 23.5 Å². The van der Waals surface area contributed by atoms with E-state index in [9.17, 15) is 9.59 Å². The predicted molar refractivity (Wildman–Crippen MR) is 97.9 cm³/mol. The van der Waals surface area contributed by atoms with Gasteiger partial charge in [0.05, 0.1) is 0 Å². The van der Waals surface area contributed by atoms with Crippen LogP contribution in [0.15, 0.2) is 18.2 Å². The Labute approximate surface area is 155 Å². The molecule has 4 heteroatoms. The summed E-state index contributed by atoms with van der Waals surface area (Å²) in [5.41, 5.74) is 2.90. The topological polar surface area (TPSA) is 52.6 Å². The molecule has 4 nitrogen and oxygen atoms in total. The number of fused-ring (bicyclic) bond motifs is 5. The minimum absolute atomic E-state index is 0.0821. The van der Waals surface area contributed by atoms with E-state index in [-0.39, 0.29) is 23.5 Å². The van der Waals surface area contributed by atoms with Gasteiger partial charge < -0.3 is 9.47 Å².